The van der Waals surface area contributed by atoms with E-state index in [9.17, 15) is 0 Å². The highest BCUT2D eigenvalue weighted by atomic mass is 32.1. The van der Waals surface area contributed by atoms with Crippen LogP contribution in [0.25, 0.3) is 21.4 Å². The minimum Gasteiger partial charge on any atom is -0.444 e. The first-order valence-corrected chi connectivity index (χ1v) is 4.70. The quantitative estimate of drug-likeness (QED) is 0.592. The number of furan rings is 1. The molecule has 13 heavy (non-hydrogen) atoms. The molecule has 0 saturated carbocycles. The lowest BCUT2D eigenvalue weighted by molar-refractivity contribution is 0.677. The van der Waals surface area contributed by atoms with Gasteiger partial charge in [-0.25, -0.2) is 4.98 Å². The average Bonchev–Trinajstić information content (AvgIpc) is 2.60. The van der Waals surface area contributed by atoms with E-state index in [-0.39, 0.29) is 0 Å². The van der Waals surface area contributed by atoms with Gasteiger partial charge < -0.3 is 10.2 Å². The van der Waals surface area contributed by atoms with E-state index < -0.39 is 0 Å². The van der Waals surface area contributed by atoms with Crippen molar-refractivity contribution < 1.29 is 4.42 Å². The van der Waals surface area contributed by atoms with Crippen LogP contribution in [0.2, 0.25) is 0 Å². The molecular formula is C9H6N2OS. The third-order valence-corrected chi connectivity index (χ3v) is 2.72. The summed E-state index contributed by atoms with van der Waals surface area (Å²) in [4.78, 5) is 5.01. The van der Waals surface area contributed by atoms with Crippen molar-refractivity contribution in [2.75, 3.05) is 5.73 Å². The third kappa shape index (κ3) is 0.860. The van der Waals surface area contributed by atoms with Crippen molar-refractivity contribution in [3.05, 3.63) is 24.3 Å². The van der Waals surface area contributed by atoms with Crippen LogP contribution in [-0.4, -0.2) is 4.98 Å². The number of rotatable bonds is 0. The number of hydrogen-bond acceptors (Lipinski definition) is 4. The summed E-state index contributed by atoms with van der Waals surface area (Å²) in [5.74, 6) is 0. The molecule has 0 radical (unpaired) electrons. The predicted molar refractivity (Wildman–Crippen MR) is 53.8 cm³/mol. The topological polar surface area (TPSA) is 52.0 Å². The summed E-state index contributed by atoms with van der Waals surface area (Å²) in [6, 6.07) is 7.83. The van der Waals surface area contributed by atoms with Crippen molar-refractivity contribution in [3.63, 3.8) is 0 Å². The van der Waals surface area contributed by atoms with Gasteiger partial charge in [-0.3, -0.25) is 0 Å². The summed E-state index contributed by atoms with van der Waals surface area (Å²) in [5, 5.41) is 1.59. The Bertz CT molecular complexity index is 581. The van der Waals surface area contributed by atoms with E-state index in [4.69, 9.17) is 10.2 Å². The molecule has 0 spiro atoms. The van der Waals surface area contributed by atoms with Crippen LogP contribution in [-0.2, 0) is 0 Å². The highest BCUT2D eigenvalue weighted by Gasteiger charge is 2.09. The zero-order valence-electron chi connectivity index (χ0n) is 6.65. The van der Waals surface area contributed by atoms with E-state index in [1.165, 1.54) is 11.3 Å². The van der Waals surface area contributed by atoms with Gasteiger partial charge in [0.25, 0.3) is 0 Å². The molecular weight excluding hydrogens is 184 g/mol. The molecule has 0 amide bonds. The van der Waals surface area contributed by atoms with Gasteiger partial charge in [0.15, 0.2) is 5.13 Å². The third-order valence-electron chi connectivity index (χ3n) is 1.96. The SMILES string of the molecule is Nc1nc2c(oc3ccccc32)s1. The number of fused-ring (bicyclic) bond motifs is 3. The first kappa shape index (κ1) is 6.91. The molecule has 0 saturated heterocycles. The first-order chi connectivity index (χ1) is 6.34. The molecule has 0 aliphatic rings. The second-order valence-corrected chi connectivity index (χ2v) is 3.78. The normalized spacial score (nSPS) is 11.4. The maximum Gasteiger partial charge on any atom is 0.210 e. The monoisotopic (exact) mass is 190 g/mol. The Labute approximate surface area is 77.8 Å². The molecule has 0 fully saturated rings. The summed E-state index contributed by atoms with van der Waals surface area (Å²) >= 11 is 1.38. The van der Waals surface area contributed by atoms with Crippen LogP contribution in [0.15, 0.2) is 28.7 Å². The van der Waals surface area contributed by atoms with Crippen LogP contribution in [0.4, 0.5) is 5.13 Å². The van der Waals surface area contributed by atoms with E-state index in [1.54, 1.807) is 0 Å². The number of nitrogens with zero attached hydrogens (tertiary/aromatic N) is 1. The summed E-state index contributed by atoms with van der Waals surface area (Å²) in [5.41, 5.74) is 7.32. The molecule has 3 nitrogen and oxygen atoms in total. The van der Waals surface area contributed by atoms with Gasteiger partial charge in [-0.15, -0.1) is 0 Å². The molecule has 0 bridgehead atoms. The molecule has 1 aromatic carbocycles. The van der Waals surface area contributed by atoms with Gasteiger partial charge in [-0.1, -0.05) is 23.5 Å². The predicted octanol–water partition coefficient (Wildman–Crippen LogP) is 2.62. The number of nitrogen functional groups attached to an aromatic ring is 1. The Morgan fingerprint density at radius 2 is 2.15 bits per heavy atom. The van der Waals surface area contributed by atoms with Crippen molar-refractivity contribution in [2.24, 2.45) is 0 Å². The van der Waals surface area contributed by atoms with Gasteiger partial charge in [0.1, 0.15) is 11.1 Å². The number of anilines is 1. The van der Waals surface area contributed by atoms with E-state index in [0.717, 1.165) is 21.4 Å². The maximum absolute atomic E-state index is 5.57. The summed E-state index contributed by atoms with van der Waals surface area (Å²) < 4.78 is 5.55. The highest BCUT2D eigenvalue weighted by molar-refractivity contribution is 7.21. The second-order valence-electron chi connectivity index (χ2n) is 2.79. The summed E-state index contributed by atoms with van der Waals surface area (Å²) in [6.45, 7) is 0. The molecule has 0 aliphatic carbocycles. The molecule has 0 atom stereocenters. The smallest absolute Gasteiger partial charge is 0.210 e. The number of thiazole rings is 1. The largest absolute Gasteiger partial charge is 0.444 e. The lowest BCUT2D eigenvalue weighted by Crippen LogP contribution is -1.79. The number of nitrogens with two attached hydrogens (primary N) is 1. The lowest BCUT2D eigenvalue weighted by atomic mass is 10.2. The van der Waals surface area contributed by atoms with E-state index in [1.807, 2.05) is 24.3 Å². The Balaban J connectivity index is 2.60. The summed E-state index contributed by atoms with van der Waals surface area (Å²) in [7, 11) is 0. The number of para-hydroxylation sites is 1. The zero-order valence-corrected chi connectivity index (χ0v) is 7.47. The van der Waals surface area contributed by atoms with Crippen molar-refractivity contribution >= 4 is 37.9 Å². The van der Waals surface area contributed by atoms with Crippen molar-refractivity contribution in [1.29, 1.82) is 0 Å². The molecule has 0 unspecified atom stereocenters. The maximum atomic E-state index is 5.57. The minimum absolute atomic E-state index is 0.555. The Kier molecular flexibility index (Phi) is 1.19. The van der Waals surface area contributed by atoms with Gasteiger partial charge >= 0.3 is 0 Å². The molecule has 4 heteroatoms. The lowest BCUT2D eigenvalue weighted by Gasteiger charge is -1.84. The zero-order chi connectivity index (χ0) is 8.84. The van der Waals surface area contributed by atoms with Crippen LogP contribution < -0.4 is 5.73 Å². The van der Waals surface area contributed by atoms with Gasteiger partial charge in [-0.2, -0.15) is 0 Å². The van der Waals surface area contributed by atoms with Gasteiger partial charge in [0, 0.05) is 5.39 Å². The van der Waals surface area contributed by atoms with E-state index >= 15 is 0 Å². The standard InChI is InChI=1S/C9H6N2OS/c10-9-11-7-5-3-1-2-4-6(5)12-8(7)13-9/h1-4H,(H2,10,11). The van der Waals surface area contributed by atoms with Crippen LogP contribution in [0.1, 0.15) is 0 Å². The van der Waals surface area contributed by atoms with Crippen LogP contribution in [0.3, 0.4) is 0 Å². The first-order valence-electron chi connectivity index (χ1n) is 3.88. The van der Waals surface area contributed by atoms with Crippen molar-refractivity contribution in [1.82, 2.24) is 4.98 Å². The van der Waals surface area contributed by atoms with E-state index in [0.29, 0.717) is 5.13 Å². The number of benzene rings is 1. The molecule has 3 rings (SSSR count). The molecule has 3 aromatic rings. The molecule has 0 aliphatic heterocycles. The fourth-order valence-corrected chi connectivity index (χ4v) is 2.12. The van der Waals surface area contributed by atoms with Crippen molar-refractivity contribution in [3.8, 4) is 0 Å². The fourth-order valence-electron chi connectivity index (χ4n) is 1.41. The molecule has 2 aromatic heterocycles. The van der Waals surface area contributed by atoms with E-state index in [2.05, 4.69) is 4.98 Å². The Morgan fingerprint density at radius 1 is 1.31 bits per heavy atom. The molecule has 2 heterocycles. The van der Waals surface area contributed by atoms with Gasteiger partial charge in [0.05, 0.1) is 0 Å². The van der Waals surface area contributed by atoms with Gasteiger partial charge in [0.2, 0.25) is 4.90 Å². The fraction of sp³-hybridized carbons (Fsp3) is 0. The highest BCUT2D eigenvalue weighted by Crippen LogP contribution is 2.32. The average molecular weight is 190 g/mol. The number of aromatic nitrogens is 1. The Morgan fingerprint density at radius 3 is 3.08 bits per heavy atom. The van der Waals surface area contributed by atoms with Crippen molar-refractivity contribution in [2.45, 2.75) is 0 Å². The Hall–Kier alpha value is -1.55. The second kappa shape index (κ2) is 2.23. The molecule has 2 N–H and O–H groups in total. The molecule has 64 valence electrons. The minimum atomic E-state index is 0.555. The van der Waals surface area contributed by atoms with Gasteiger partial charge in [-0.05, 0) is 12.1 Å². The summed E-state index contributed by atoms with van der Waals surface area (Å²) in [6.07, 6.45) is 0. The van der Waals surface area contributed by atoms with Crippen LogP contribution in [0, 0.1) is 0 Å². The number of hydrogen-bond donors (Lipinski definition) is 1. The van der Waals surface area contributed by atoms with Crippen LogP contribution in [0.5, 0.6) is 0 Å². The van der Waals surface area contributed by atoms with Crippen LogP contribution >= 0.6 is 11.3 Å².